The van der Waals surface area contributed by atoms with Crippen LogP contribution in [0.2, 0.25) is 0 Å². The van der Waals surface area contributed by atoms with Crippen LogP contribution < -0.4 is 0 Å². The van der Waals surface area contributed by atoms with Crippen LogP contribution in [0.15, 0.2) is 24.3 Å². The van der Waals surface area contributed by atoms with E-state index in [0.29, 0.717) is 17.7 Å². The molecule has 0 bridgehead atoms. The molecule has 2 heteroatoms. The van der Waals surface area contributed by atoms with Gasteiger partial charge in [0.1, 0.15) is 12.2 Å². The molecular formula is C11H9NO. The van der Waals surface area contributed by atoms with Crippen molar-refractivity contribution in [3.8, 4) is 18.1 Å². The zero-order valence-electron chi connectivity index (χ0n) is 7.37. The molecule has 1 aromatic rings. The van der Waals surface area contributed by atoms with Crippen LogP contribution in [0.5, 0.6) is 0 Å². The molecule has 0 aliphatic rings. The van der Waals surface area contributed by atoms with Crippen molar-refractivity contribution in [1.82, 2.24) is 0 Å². The minimum atomic E-state index is 0.557. The molecule has 0 saturated carbocycles. The molecule has 0 N–H and O–H groups in total. The highest BCUT2D eigenvalue weighted by Gasteiger charge is 1.94. The Morgan fingerprint density at radius 1 is 1.31 bits per heavy atom. The van der Waals surface area contributed by atoms with E-state index in [1.807, 2.05) is 19.1 Å². The average molecular weight is 171 g/mol. The van der Waals surface area contributed by atoms with Crippen LogP contribution in [0.4, 0.5) is 0 Å². The maximum atomic E-state index is 8.72. The molecule has 0 unspecified atom stereocenters. The maximum Gasteiger partial charge on any atom is 0.115 e. The van der Waals surface area contributed by atoms with Crippen molar-refractivity contribution in [2.75, 3.05) is 6.61 Å². The monoisotopic (exact) mass is 171 g/mol. The number of ether oxygens (including phenoxy) is 1. The minimum Gasteiger partial charge on any atom is -0.447 e. The normalized spacial score (nSPS) is 8.00. The van der Waals surface area contributed by atoms with E-state index in [-0.39, 0.29) is 0 Å². The van der Waals surface area contributed by atoms with E-state index in [9.17, 15) is 0 Å². The fourth-order valence-electron chi connectivity index (χ4n) is 0.853. The summed E-state index contributed by atoms with van der Waals surface area (Å²) in [5, 5.41) is 8.72. The smallest absolute Gasteiger partial charge is 0.115 e. The van der Waals surface area contributed by atoms with Crippen molar-refractivity contribution in [3.63, 3.8) is 0 Å². The van der Waals surface area contributed by atoms with Crippen molar-refractivity contribution < 1.29 is 4.74 Å². The third-order valence-electron chi connectivity index (χ3n) is 1.45. The van der Waals surface area contributed by atoms with Gasteiger partial charge in [-0.1, -0.05) is 12.1 Å². The van der Waals surface area contributed by atoms with E-state index in [1.54, 1.807) is 12.1 Å². The quantitative estimate of drug-likeness (QED) is 0.604. The minimum absolute atomic E-state index is 0.557. The molecule has 0 atom stereocenters. The van der Waals surface area contributed by atoms with Crippen LogP contribution in [0.1, 0.15) is 18.1 Å². The Morgan fingerprint density at radius 2 is 2.00 bits per heavy atom. The molecule has 0 amide bonds. The van der Waals surface area contributed by atoms with Gasteiger partial charge in [-0.05, 0) is 25.0 Å². The van der Waals surface area contributed by atoms with Crippen LogP contribution in [0.25, 0.3) is 0 Å². The van der Waals surface area contributed by atoms with Gasteiger partial charge in [-0.25, -0.2) is 0 Å². The zero-order chi connectivity index (χ0) is 9.52. The Kier molecular flexibility index (Phi) is 3.42. The molecule has 64 valence electrons. The lowest BCUT2D eigenvalue weighted by Crippen LogP contribution is -1.83. The number of hydrogen-bond donors (Lipinski definition) is 0. The molecule has 0 aliphatic carbocycles. The van der Waals surface area contributed by atoms with Gasteiger partial charge in [0, 0.05) is 5.56 Å². The summed E-state index contributed by atoms with van der Waals surface area (Å²) in [5.74, 6) is 2.77. The third kappa shape index (κ3) is 2.54. The van der Waals surface area contributed by atoms with Crippen molar-refractivity contribution in [2.24, 2.45) is 0 Å². The largest absolute Gasteiger partial charge is 0.447 e. The first-order valence-electron chi connectivity index (χ1n) is 4.00. The van der Waals surface area contributed by atoms with E-state index in [2.05, 4.69) is 18.1 Å². The highest BCUT2D eigenvalue weighted by Crippen LogP contribution is 2.04. The molecule has 2 nitrogen and oxygen atoms in total. The molecule has 0 saturated heterocycles. The molecule has 1 rings (SSSR count). The van der Waals surface area contributed by atoms with Crippen molar-refractivity contribution >= 4 is 0 Å². The Balaban J connectivity index is 2.91. The second-order valence-corrected chi connectivity index (χ2v) is 2.32. The van der Waals surface area contributed by atoms with Crippen LogP contribution in [0.3, 0.4) is 0 Å². The molecule has 0 aromatic heterocycles. The summed E-state index contributed by atoms with van der Waals surface area (Å²) in [7, 11) is 0. The van der Waals surface area contributed by atoms with Crippen LogP contribution in [0, 0.1) is 23.4 Å². The summed E-state index contributed by atoms with van der Waals surface area (Å²) in [6.45, 7) is 2.42. The van der Waals surface area contributed by atoms with Gasteiger partial charge in [0.05, 0.1) is 12.2 Å². The summed E-state index contributed by atoms with van der Waals surface area (Å²) < 4.78 is 4.87. The van der Waals surface area contributed by atoms with Crippen molar-refractivity contribution in [2.45, 2.75) is 6.92 Å². The first kappa shape index (κ1) is 9.16. The standard InChI is InChI=1S/C11H9NO/c1-2-13-8-7-10-5-3-4-6-11(10)9-12/h3-6H,2H2,1H3. The van der Waals surface area contributed by atoms with Gasteiger partial charge >= 0.3 is 0 Å². The second kappa shape index (κ2) is 4.85. The lowest BCUT2D eigenvalue weighted by atomic mass is 10.1. The first-order valence-corrected chi connectivity index (χ1v) is 4.00. The number of nitrogens with zero attached hydrogens (tertiary/aromatic N) is 1. The van der Waals surface area contributed by atoms with E-state index in [0.717, 1.165) is 0 Å². The fraction of sp³-hybridized carbons (Fsp3) is 0.182. The van der Waals surface area contributed by atoms with Gasteiger partial charge in [0.15, 0.2) is 0 Å². The number of benzene rings is 1. The zero-order valence-corrected chi connectivity index (χ0v) is 7.37. The maximum absolute atomic E-state index is 8.72. The highest BCUT2D eigenvalue weighted by atomic mass is 16.5. The third-order valence-corrected chi connectivity index (χ3v) is 1.45. The first-order chi connectivity index (χ1) is 6.38. The molecule has 13 heavy (non-hydrogen) atoms. The molecule has 1 aromatic carbocycles. The van der Waals surface area contributed by atoms with Gasteiger partial charge in [-0.15, -0.1) is 0 Å². The summed E-state index contributed by atoms with van der Waals surface area (Å²) in [6.07, 6.45) is 2.52. The van der Waals surface area contributed by atoms with Gasteiger partial charge in [-0.2, -0.15) is 5.26 Å². The molecule has 0 aliphatic heterocycles. The summed E-state index contributed by atoms with van der Waals surface area (Å²) >= 11 is 0. The second-order valence-electron chi connectivity index (χ2n) is 2.32. The number of nitriles is 1. The summed E-state index contributed by atoms with van der Waals surface area (Å²) in [6, 6.07) is 9.25. The lowest BCUT2D eigenvalue weighted by molar-refractivity contribution is 0.299. The van der Waals surface area contributed by atoms with Crippen molar-refractivity contribution in [3.05, 3.63) is 35.4 Å². The predicted molar refractivity (Wildman–Crippen MR) is 49.7 cm³/mol. The number of rotatable bonds is 1. The highest BCUT2D eigenvalue weighted by molar-refractivity contribution is 5.47. The van der Waals surface area contributed by atoms with Gasteiger partial charge in [-0.3, -0.25) is 0 Å². The molecule has 0 spiro atoms. The van der Waals surface area contributed by atoms with E-state index >= 15 is 0 Å². The Labute approximate surface area is 77.8 Å². The lowest BCUT2D eigenvalue weighted by Gasteiger charge is -1.92. The van der Waals surface area contributed by atoms with Crippen LogP contribution >= 0.6 is 0 Å². The van der Waals surface area contributed by atoms with E-state index in [4.69, 9.17) is 10.00 Å². The number of hydrogen-bond acceptors (Lipinski definition) is 2. The summed E-state index contributed by atoms with van der Waals surface area (Å²) in [4.78, 5) is 0. The van der Waals surface area contributed by atoms with Gasteiger partial charge in [0.2, 0.25) is 0 Å². The average Bonchev–Trinajstić information content (AvgIpc) is 2.19. The van der Waals surface area contributed by atoms with Crippen LogP contribution in [-0.2, 0) is 4.74 Å². The molecule has 0 radical (unpaired) electrons. The molecule has 0 heterocycles. The van der Waals surface area contributed by atoms with Crippen LogP contribution in [-0.4, -0.2) is 6.61 Å². The fourth-order valence-corrected chi connectivity index (χ4v) is 0.853. The molecular weight excluding hydrogens is 162 g/mol. The van der Waals surface area contributed by atoms with E-state index < -0.39 is 0 Å². The topological polar surface area (TPSA) is 33.0 Å². The SMILES string of the molecule is CCOC#Cc1ccccc1C#N. The Morgan fingerprint density at radius 3 is 2.62 bits per heavy atom. The molecule has 0 fully saturated rings. The summed E-state index contributed by atoms with van der Waals surface area (Å²) in [5.41, 5.74) is 1.29. The Hall–Kier alpha value is -1.93. The van der Waals surface area contributed by atoms with Crippen molar-refractivity contribution in [1.29, 1.82) is 5.26 Å². The predicted octanol–water partition coefficient (Wildman–Crippen LogP) is 1.90. The Bertz CT molecular complexity index is 379. The van der Waals surface area contributed by atoms with Gasteiger partial charge < -0.3 is 4.74 Å². The van der Waals surface area contributed by atoms with E-state index in [1.165, 1.54) is 0 Å². The van der Waals surface area contributed by atoms with Gasteiger partial charge in [0.25, 0.3) is 0 Å².